The molecular formula is C22H19N5O2. The number of benzene rings is 2. The van der Waals surface area contributed by atoms with E-state index < -0.39 is 5.91 Å². The second-order valence-corrected chi connectivity index (χ2v) is 6.03. The zero-order valence-electron chi connectivity index (χ0n) is 15.8. The molecule has 0 radical (unpaired) electrons. The largest absolute Gasteiger partial charge is 0.495 e. The van der Waals surface area contributed by atoms with Crippen molar-refractivity contribution in [2.45, 2.75) is 6.54 Å². The molecule has 2 aromatic carbocycles. The van der Waals surface area contributed by atoms with Crippen LogP contribution in [0.15, 0.2) is 78.5 Å². The third kappa shape index (κ3) is 5.40. The maximum Gasteiger partial charge on any atom is 0.266 e. The number of hydrogen-bond donors (Lipinski definition) is 1. The Kier molecular flexibility index (Phi) is 6.53. The van der Waals surface area contributed by atoms with Crippen molar-refractivity contribution in [2.24, 2.45) is 0 Å². The lowest BCUT2D eigenvalue weighted by atomic mass is 10.2. The summed E-state index contributed by atoms with van der Waals surface area (Å²) in [5, 5.41) is 20.1. The molecule has 3 aromatic rings. The standard InChI is InChI=1S/C22H19N5O2/c1-29-21-13-6-5-12-20(21)24-22(28)18(14-23)10-7-11-19-16-27(26-25-19)15-17-8-3-2-4-9-17/h2-13,16H,15H2,1H3,(H,24,28)/b11-7+,18-10+. The Labute approximate surface area is 168 Å². The molecule has 0 spiro atoms. The van der Waals surface area contributed by atoms with Gasteiger partial charge >= 0.3 is 0 Å². The summed E-state index contributed by atoms with van der Waals surface area (Å²) in [5.41, 5.74) is 2.20. The van der Waals surface area contributed by atoms with Crippen LogP contribution in [0.2, 0.25) is 0 Å². The van der Waals surface area contributed by atoms with E-state index in [0.717, 1.165) is 5.56 Å². The minimum atomic E-state index is -0.519. The molecule has 3 rings (SSSR count). The molecule has 0 aliphatic carbocycles. The van der Waals surface area contributed by atoms with E-state index in [1.165, 1.54) is 13.2 Å². The number of nitriles is 1. The predicted molar refractivity (Wildman–Crippen MR) is 110 cm³/mol. The molecule has 144 valence electrons. The summed E-state index contributed by atoms with van der Waals surface area (Å²) < 4.78 is 6.92. The first-order chi connectivity index (χ1) is 14.2. The van der Waals surface area contributed by atoms with Gasteiger partial charge in [-0.2, -0.15) is 5.26 Å². The maximum atomic E-state index is 12.3. The van der Waals surface area contributed by atoms with Crippen molar-refractivity contribution in [1.82, 2.24) is 15.0 Å². The average molecular weight is 385 g/mol. The van der Waals surface area contributed by atoms with Gasteiger partial charge in [0.15, 0.2) is 0 Å². The van der Waals surface area contributed by atoms with Gasteiger partial charge in [0.1, 0.15) is 23.1 Å². The number of ether oxygens (including phenoxy) is 1. The van der Waals surface area contributed by atoms with Crippen LogP contribution in [0, 0.1) is 11.3 Å². The Balaban J connectivity index is 1.65. The Bertz CT molecular complexity index is 1080. The van der Waals surface area contributed by atoms with Gasteiger partial charge in [0.25, 0.3) is 5.91 Å². The highest BCUT2D eigenvalue weighted by molar-refractivity contribution is 6.07. The molecule has 1 amide bonds. The molecule has 0 saturated heterocycles. The summed E-state index contributed by atoms with van der Waals surface area (Å²) >= 11 is 0. The highest BCUT2D eigenvalue weighted by Gasteiger charge is 2.11. The Morgan fingerprint density at radius 3 is 2.72 bits per heavy atom. The molecule has 1 aromatic heterocycles. The van der Waals surface area contributed by atoms with E-state index in [9.17, 15) is 10.1 Å². The summed E-state index contributed by atoms with van der Waals surface area (Å²) in [5.74, 6) is -0.00176. The lowest BCUT2D eigenvalue weighted by Crippen LogP contribution is -2.14. The van der Waals surface area contributed by atoms with E-state index in [4.69, 9.17) is 4.74 Å². The second kappa shape index (κ2) is 9.67. The SMILES string of the molecule is COc1ccccc1NC(=O)/C(C#N)=C/C=C/c1cn(Cc2ccccc2)nn1. The molecule has 7 nitrogen and oxygen atoms in total. The van der Waals surface area contributed by atoms with E-state index in [2.05, 4.69) is 15.6 Å². The zero-order chi connectivity index (χ0) is 20.5. The summed E-state index contributed by atoms with van der Waals surface area (Å²) in [6.07, 6.45) is 6.50. The monoisotopic (exact) mass is 385 g/mol. The molecule has 1 heterocycles. The van der Waals surface area contributed by atoms with E-state index in [0.29, 0.717) is 23.7 Å². The van der Waals surface area contributed by atoms with Crippen molar-refractivity contribution in [3.05, 3.63) is 89.8 Å². The van der Waals surface area contributed by atoms with Crippen molar-refractivity contribution in [3.8, 4) is 11.8 Å². The fraction of sp³-hybridized carbons (Fsp3) is 0.0909. The van der Waals surface area contributed by atoms with Gasteiger partial charge < -0.3 is 10.1 Å². The molecule has 0 aliphatic rings. The number of carbonyl (C=O) groups excluding carboxylic acids is 1. The minimum Gasteiger partial charge on any atom is -0.495 e. The van der Waals surface area contributed by atoms with Gasteiger partial charge in [-0.3, -0.25) is 4.79 Å². The number of rotatable bonds is 7. The number of allylic oxidation sites excluding steroid dienone is 2. The van der Waals surface area contributed by atoms with Crippen LogP contribution in [0.1, 0.15) is 11.3 Å². The van der Waals surface area contributed by atoms with Crippen LogP contribution in [-0.4, -0.2) is 28.0 Å². The first kappa shape index (κ1) is 19.6. The molecule has 29 heavy (non-hydrogen) atoms. The molecule has 7 heteroatoms. The molecule has 0 unspecified atom stereocenters. The van der Waals surface area contributed by atoms with Crippen LogP contribution in [0.4, 0.5) is 5.69 Å². The lowest BCUT2D eigenvalue weighted by molar-refractivity contribution is -0.112. The predicted octanol–water partition coefficient (Wildman–Crippen LogP) is 3.44. The number of anilines is 1. The first-order valence-corrected chi connectivity index (χ1v) is 8.86. The Morgan fingerprint density at radius 2 is 1.97 bits per heavy atom. The number of aromatic nitrogens is 3. The van der Waals surface area contributed by atoms with Crippen molar-refractivity contribution in [1.29, 1.82) is 5.26 Å². The van der Waals surface area contributed by atoms with Crippen molar-refractivity contribution < 1.29 is 9.53 Å². The summed E-state index contributed by atoms with van der Waals surface area (Å²) in [4.78, 5) is 12.3. The van der Waals surface area contributed by atoms with Crippen LogP contribution >= 0.6 is 0 Å². The molecule has 0 atom stereocenters. The third-order valence-corrected chi connectivity index (χ3v) is 3.99. The smallest absolute Gasteiger partial charge is 0.266 e. The first-order valence-electron chi connectivity index (χ1n) is 8.86. The number of hydrogen-bond acceptors (Lipinski definition) is 5. The number of para-hydroxylation sites is 2. The van der Waals surface area contributed by atoms with Gasteiger partial charge in [0.05, 0.1) is 25.5 Å². The Hall–Kier alpha value is -4.18. The van der Waals surface area contributed by atoms with Crippen molar-refractivity contribution in [3.63, 3.8) is 0 Å². The summed E-state index contributed by atoms with van der Waals surface area (Å²) in [6.45, 7) is 0.613. The fourth-order valence-electron chi connectivity index (χ4n) is 2.58. The molecular weight excluding hydrogens is 366 g/mol. The zero-order valence-corrected chi connectivity index (χ0v) is 15.8. The summed E-state index contributed by atoms with van der Waals surface area (Å²) in [6, 6.07) is 18.8. The minimum absolute atomic E-state index is 0.0381. The quantitative estimate of drug-likeness (QED) is 0.382. The highest BCUT2D eigenvalue weighted by atomic mass is 16.5. The van der Waals surface area contributed by atoms with Gasteiger partial charge in [-0.1, -0.05) is 53.8 Å². The van der Waals surface area contributed by atoms with Crippen LogP contribution in [0.3, 0.4) is 0 Å². The normalized spacial score (nSPS) is 11.2. The van der Waals surface area contributed by atoms with Gasteiger partial charge in [-0.25, -0.2) is 4.68 Å². The van der Waals surface area contributed by atoms with Gasteiger partial charge in [-0.05, 0) is 29.8 Å². The van der Waals surface area contributed by atoms with E-state index >= 15 is 0 Å². The highest BCUT2D eigenvalue weighted by Crippen LogP contribution is 2.23. The molecule has 0 saturated carbocycles. The van der Waals surface area contributed by atoms with Crippen LogP contribution in [-0.2, 0) is 11.3 Å². The van der Waals surface area contributed by atoms with Crippen LogP contribution in [0.25, 0.3) is 6.08 Å². The van der Waals surface area contributed by atoms with Gasteiger partial charge in [0.2, 0.25) is 0 Å². The fourth-order valence-corrected chi connectivity index (χ4v) is 2.58. The average Bonchev–Trinajstić information content (AvgIpc) is 3.19. The lowest BCUT2D eigenvalue weighted by Gasteiger charge is -2.08. The molecule has 1 N–H and O–H groups in total. The van der Waals surface area contributed by atoms with Gasteiger partial charge in [-0.15, -0.1) is 5.10 Å². The summed E-state index contributed by atoms with van der Waals surface area (Å²) in [7, 11) is 1.51. The molecule has 0 bridgehead atoms. The number of amides is 1. The van der Waals surface area contributed by atoms with Crippen LogP contribution < -0.4 is 10.1 Å². The van der Waals surface area contributed by atoms with Crippen molar-refractivity contribution >= 4 is 17.7 Å². The van der Waals surface area contributed by atoms with E-state index in [-0.39, 0.29) is 5.57 Å². The van der Waals surface area contributed by atoms with Crippen molar-refractivity contribution in [2.75, 3.05) is 12.4 Å². The number of nitrogens with zero attached hydrogens (tertiary/aromatic N) is 4. The van der Waals surface area contributed by atoms with E-state index in [1.807, 2.05) is 36.4 Å². The number of nitrogens with one attached hydrogen (secondary N) is 1. The number of carbonyl (C=O) groups is 1. The number of methoxy groups -OCH3 is 1. The maximum absolute atomic E-state index is 12.3. The second-order valence-electron chi connectivity index (χ2n) is 6.03. The Morgan fingerprint density at radius 1 is 1.21 bits per heavy atom. The molecule has 0 aliphatic heterocycles. The van der Waals surface area contributed by atoms with Gasteiger partial charge in [0, 0.05) is 0 Å². The third-order valence-electron chi connectivity index (χ3n) is 3.99. The van der Waals surface area contributed by atoms with E-state index in [1.54, 1.807) is 47.3 Å². The molecule has 0 fully saturated rings. The topological polar surface area (TPSA) is 92.8 Å². The van der Waals surface area contributed by atoms with Crippen LogP contribution in [0.5, 0.6) is 5.75 Å².